The van der Waals surface area contributed by atoms with E-state index in [0.717, 1.165) is 43.4 Å². The molecule has 5 aliphatic carbocycles. The van der Waals surface area contributed by atoms with Crippen molar-refractivity contribution in [2.45, 2.75) is 279 Å². The number of halogens is 6. The van der Waals surface area contributed by atoms with E-state index in [9.17, 15) is 41.5 Å². The van der Waals surface area contributed by atoms with E-state index in [2.05, 4.69) is 16.0 Å². The van der Waals surface area contributed by atoms with Gasteiger partial charge in [0.25, 0.3) is 0 Å². The molecule has 5 saturated carbocycles. The Balaban J connectivity index is 1.17. The second kappa shape index (κ2) is 36.2. The molecule has 8 rings (SSSR count). The lowest BCUT2D eigenvalue weighted by Crippen LogP contribution is -2.68. The first-order valence-corrected chi connectivity index (χ1v) is 38.0. The monoisotopic (exact) mass is 1460 g/mol. The highest BCUT2D eigenvalue weighted by atomic mass is 19.4. The van der Waals surface area contributed by atoms with Crippen LogP contribution in [-0.4, -0.2) is 264 Å². The summed E-state index contributed by atoms with van der Waals surface area (Å²) in [6.07, 6.45) is -1.89. The van der Waals surface area contributed by atoms with Gasteiger partial charge in [-0.3, -0.25) is 52.7 Å². The zero-order valence-corrected chi connectivity index (χ0v) is 62.2. The van der Waals surface area contributed by atoms with Gasteiger partial charge < -0.3 is 59.9 Å². The first kappa shape index (κ1) is 82.1. The van der Waals surface area contributed by atoms with Crippen LogP contribution in [0.15, 0.2) is 12.2 Å². The fraction of sp³-hybridized carbons (Fsp3) is 0.824. The number of carbonyl (C=O) groups is 11. The van der Waals surface area contributed by atoms with E-state index in [4.69, 9.17) is 4.74 Å². The summed E-state index contributed by atoms with van der Waals surface area (Å²) in [7, 11) is 8.74. The molecule has 103 heavy (non-hydrogen) atoms. The predicted molar refractivity (Wildman–Crippen MR) is 371 cm³/mol. The molecule has 11 amide bonds. The second-order valence-electron chi connectivity index (χ2n) is 31.4. The third-order valence-corrected chi connectivity index (χ3v) is 24.3. The van der Waals surface area contributed by atoms with Crippen molar-refractivity contribution in [2.75, 3.05) is 75.1 Å². The minimum atomic E-state index is -5.17. The largest absolute Gasteiger partial charge is 0.397 e. The van der Waals surface area contributed by atoms with Crippen molar-refractivity contribution in [2.24, 2.45) is 35.5 Å². The van der Waals surface area contributed by atoms with Gasteiger partial charge in [-0.15, -0.1) is 0 Å². The first-order valence-electron chi connectivity index (χ1n) is 38.0. The topological polar surface area (TPSA) is 259 Å². The zero-order valence-electron chi connectivity index (χ0n) is 62.2. The molecule has 2 bridgehead atoms. The molecule has 1 spiro atoms. The van der Waals surface area contributed by atoms with Crippen molar-refractivity contribution in [3.8, 4) is 0 Å². The van der Waals surface area contributed by atoms with Crippen LogP contribution in [0.3, 0.4) is 0 Å². The average Bonchev–Trinajstić information content (AvgIpc) is 1.68. The number of nitrogens with one attached hydrogen (secondary N) is 3. The Bertz CT molecular complexity index is 3020. The number of nitrogens with zero attached hydrogens (tertiary/aromatic N) is 8. The molecular weight excluding hydrogens is 1350 g/mol. The Morgan fingerprint density at radius 3 is 1.82 bits per heavy atom. The third kappa shape index (κ3) is 19.9. The molecule has 2 saturated heterocycles. The van der Waals surface area contributed by atoms with Crippen LogP contribution in [0.1, 0.15) is 195 Å². The molecule has 580 valence electrons. The highest BCUT2D eigenvalue weighted by Crippen LogP contribution is 2.45. The summed E-state index contributed by atoms with van der Waals surface area (Å²) in [4.78, 5) is 176. The van der Waals surface area contributed by atoms with Crippen LogP contribution >= 0.6 is 0 Å². The molecule has 12 atom stereocenters. The van der Waals surface area contributed by atoms with Crippen LogP contribution in [0, 0.1) is 35.5 Å². The van der Waals surface area contributed by atoms with Crippen LogP contribution in [0.25, 0.3) is 0 Å². The summed E-state index contributed by atoms with van der Waals surface area (Å²) in [5.41, 5.74) is -1.57. The van der Waals surface area contributed by atoms with E-state index >= 15 is 37.5 Å². The first-order chi connectivity index (χ1) is 48.7. The van der Waals surface area contributed by atoms with Gasteiger partial charge >= 0.3 is 6.18 Å². The smallest absolute Gasteiger partial charge is 0.377 e. The lowest BCUT2D eigenvalue weighted by atomic mass is 9.74. The maximum absolute atomic E-state index is 15.5. The van der Waals surface area contributed by atoms with Crippen molar-refractivity contribution in [3.05, 3.63) is 12.2 Å². The number of amides is 11. The Morgan fingerprint density at radius 2 is 1.21 bits per heavy atom. The van der Waals surface area contributed by atoms with Gasteiger partial charge in [-0.25, -0.2) is 13.2 Å². The van der Waals surface area contributed by atoms with Crippen molar-refractivity contribution in [3.63, 3.8) is 0 Å². The van der Waals surface area contributed by atoms with Gasteiger partial charge in [-0.05, 0) is 153 Å². The highest BCUT2D eigenvalue weighted by Gasteiger charge is 2.56. The normalized spacial score (nSPS) is 33.7. The second-order valence-corrected chi connectivity index (χ2v) is 31.4. The van der Waals surface area contributed by atoms with Crippen LogP contribution < -0.4 is 16.0 Å². The molecule has 29 heteroatoms. The molecule has 7 fully saturated rings. The molecule has 0 radical (unpaired) electrons. The van der Waals surface area contributed by atoms with Crippen molar-refractivity contribution < 1.29 is 83.8 Å². The van der Waals surface area contributed by atoms with E-state index in [1.54, 1.807) is 40.0 Å². The minimum absolute atomic E-state index is 0.00772. The molecule has 8 aliphatic rings. The Labute approximate surface area is 603 Å². The van der Waals surface area contributed by atoms with E-state index in [1.165, 1.54) is 69.5 Å². The van der Waals surface area contributed by atoms with Gasteiger partial charge in [-0.2, -0.15) is 13.2 Å². The standard InChI is InChI=1S/C74H115F6N11O12/c1-11-44(3)63-70(100)85(6)43-61(94)87(8)55-25-14-13-19-34-90(69(55)99)58(39-47-26-29-50(75)30-27-47)68(98)84(5)42-59(92)81-54(31-28-48-36-52(76)62(53(77)37-48)74(78,79)80)67(97)91-41-51(103-12-2)40-57(91)66(96)83-73(32-20-33-73)72(102)89(10)64(49-23-17-18-24-49)71(101)86(7)45(4)35-60(93)88(9)56(65(95)82-63)38-46-21-15-16-22-46/h13-14,44-58,62-64H,11-12,15-43H2,1-10H3,(H,81,92)(H,82,95)(H,83,96)/b14-13-/t44-,45+,47?,48?,50?,51+,52?,53?,54-,55-,56-,57-,58-,62?,63-,64-/m0/s1. The lowest BCUT2D eigenvalue weighted by molar-refractivity contribution is -0.219. The van der Waals surface area contributed by atoms with Crippen molar-refractivity contribution >= 4 is 65.0 Å². The summed E-state index contributed by atoms with van der Waals surface area (Å²) in [6, 6.07) is -9.56. The minimum Gasteiger partial charge on any atom is -0.377 e. The van der Waals surface area contributed by atoms with E-state index < -0.39 is 200 Å². The summed E-state index contributed by atoms with van der Waals surface area (Å²) >= 11 is 0. The fourth-order valence-electron chi connectivity index (χ4n) is 17.4. The number of carbonyl (C=O) groups excluding carboxylic acids is 11. The Morgan fingerprint density at radius 1 is 0.602 bits per heavy atom. The quantitative estimate of drug-likeness (QED) is 0.132. The zero-order chi connectivity index (χ0) is 75.5. The maximum Gasteiger partial charge on any atom is 0.397 e. The molecule has 23 nitrogen and oxygen atoms in total. The lowest BCUT2D eigenvalue weighted by Gasteiger charge is -2.46. The molecule has 3 N–H and O–H groups in total. The number of hydrogen-bond donors (Lipinski definition) is 3. The number of ether oxygens (including phenoxy) is 1. The number of alkyl halides is 6. The maximum atomic E-state index is 15.5. The molecular formula is C74H115F6N11O12. The highest BCUT2D eigenvalue weighted by molar-refractivity contribution is 6.00. The summed E-state index contributed by atoms with van der Waals surface area (Å²) < 4.78 is 93.5. The van der Waals surface area contributed by atoms with Gasteiger partial charge in [0.2, 0.25) is 65.0 Å². The summed E-state index contributed by atoms with van der Waals surface area (Å²) in [6.45, 7) is 5.64. The van der Waals surface area contributed by atoms with Gasteiger partial charge in [-0.1, -0.05) is 70.9 Å². The van der Waals surface area contributed by atoms with Gasteiger partial charge in [0.05, 0.1) is 19.2 Å². The van der Waals surface area contributed by atoms with Crippen LogP contribution in [0.5, 0.6) is 0 Å². The molecule has 2 unspecified atom stereocenters. The predicted octanol–water partition coefficient (Wildman–Crippen LogP) is 6.98. The van der Waals surface area contributed by atoms with Crippen LogP contribution in [-0.2, 0) is 57.5 Å². The number of fused-ring (bicyclic) bond motifs is 3. The van der Waals surface area contributed by atoms with E-state index in [0.29, 0.717) is 44.9 Å². The van der Waals surface area contributed by atoms with Crippen LogP contribution in [0.4, 0.5) is 26.3 Å². The van der Waals surface area contributed by atoms with Gasteiger partial charge in [0.15, 0.2) is 0 Å². The summed E-state index contributed by atoms with van der Waals surface area (Å²) in [5.74, 6) is -12.1. The third-order valence-electron chi connectivity index (χ3n) is 24.3. The number of rotatable bonds is 12. The fourth-order valence-corrected chi connectivity index (χ4v) is 17.4. The molecule has 3 heterocycles. The van der Waals surface area contributed by atoms with Crippen molar-refractivity contribution in [1.82, 2.24) is 55.1 Å². The van der Waals surface area contributed by atoms with Crippen LogP contribution in [0.2, 0.25) is 0 Å². The molecule has 0 aromatic rings. The van der Waals surface area contributed by atoms with Gasteiger partial charge in [0.1, 0.15) is 72.3 Å². The Kier molecular flexibility index (Phi) is 28.8. The average molecular weight is 1460 g/mol. The number of likely N-dealkylation sites (N-methyl/N-ethyl adjacent to an activating group) is 6. The Hall–Kier alpha value is -6.55. The molecule has 0 aromatic carbocycles. The SMILES string of the molecule is CCO[C@@H]1C[C@H]2C(=O)NC3(CCC3)C(=O)N(C)[C@@H](C3CCCC3)C(=O)N(C)[C@H](C)CC(=O)N(C)[C@@H](CC3CCCC3)C(=O)N[C@@H]([C@@H](C)CC)C(=O)N(C)CC(=O)N(C)[C@H]3C/C=C\CCN(C3=O)[C@@H](CC3CCC(F)CC3)C(=O)N(C)CC(=O)N[C@@H](CCC3CC(F)C(C(F)(F)F)C(F)C3)C(=O)N2C1. The van der Waals surface area contributed by atoms with E-state index in [-0.39, 0.29) is 102 Å². The van der Waals surface area contributed by atoms with Crippen molar-refractivity contribution in [1.29, 1.82) is 0 Å². The summed E-state index contributed by atoms with van der Waals surface area (Å²) in [5, 5.41) is 8.67. The molecule has 0 aromatic heterocycles. The van der Waals surface area contributed by atoms with E-state index in [1.807, 2.05) is 6.92 Å². The van der Waals surface area contributed by atoms with Gasteiger partial charge in [0, 0.05) is 80.9 Å². The molecule has 3 aliphatic heterocycles. The number of hydrogen-bond acceptors (Lipinski definition) is 12.